The molecule has 5 heteroatoms. The van der Waals surface area contributed by atoms with Crippen molar-refractivity contribution in [2.75, 3.05) is 39.4 Å². The molecule has 2 atom stereocenters. The van der Waals surface area contributed by atoms with Crippen LogP contribution in [-0.2, 0) is 9.53 Å². The third-order valence-corrected chi connectivity index (χ3v) is 3.95. The van der Waals surface area contributed by atoms with Crippen molar-refractivity contribution in [1.29, 1.82) is 0 Å². The summed E-state index contributed by atoms with van der Waals surface area (Å²) in [6.45, 7) is 7.39. The lowest BCUT2D eigenvalue weighted by molar-refractivity contribution is -0.131. The summed E-state index contributed by atoms with van der Waals surface area (Å²) >= 11 is 0. The standard InChI is InChI=1S/C13H25N3O2/c1-2-3-12(14)13(17)16-5-4-11(10-16)15-6-8-18-9-7-15/h11-12H,2-10,14H2,1H3/t11?,12-/m0/s1. The molecule has 0 aromatic heterocycles. The van der Waals surface area contributed by atoms with Crippen LogP contribution in [0, 0.1) is 0 Å². The van der Waals surface area contributed by atoms with E-state index in [0.717, 1.165) is 58.7 Å². The molecular weight excluding hydrogens is 230 g/mol. The molecule has 0 aromatic rings. The molecule has 0 bridgehead atoms. The van der Waals surface area contributed by atoms with Gasteiger partial charge in [0.25, 0.3) is 0 Å². The highest BCUT2D eigenvalue weighted by atomic mass is 16.5. The summed E-state index contributed by atoms with van der Waals surface area (Å²) in [5, 5.41) is 0. The summed E-state index contributed by atoms with van der Waals surface area (Å²) in [6, 6.07) is 0.199. The van der Waals surface area contributed by atoms with E-state index in [-0.39, 0.29) is 11.9 Å². The number of amides is 1. The van der Waals surface area contributed by atoms with Gasteiger partial charge in [0, 0.05) is 32.2 Å². The summed E-state index contributed by atoms with van der Waals surface area (Å²) in [5.74, 6) is 0.132. The van der Waals surface area contributed by atoms with E-state index >= 15 is 0 Å². The molecule has 0 aliphatic carbocycles. The Morgan fingerprint density at radius 2 is 2.11 bits per heavy atom. The molecular formula is C13H25N3O2. The first-order chi connectivity index (χ1) is 8.72. The first-order valence-electron chi connectivity index (χ1n) is 7.08. The molecule has 1 unspecified atom stereocenters. The maximum absolute atomic E-state index is 12.1. The minimum atomic E-state index is -0.307. The van der Waals surface area contributed by atoms with Crippen LogP contribution in [0.25, 0.3) is 0 Å². The predicted octanol–water partition coefficient (Wildman–Crippen LogP) is 0.0469. The summed E-state index contributed by atoms with van der Waals surface area (Å²) in [7, 11) is 0. The van der Waals surface area contributed by atoms with Crippen LogP contribution < -0.4 is 5.73 Å². The number of nitrogens with zero attached hydrogens (tertiary/aromatic N) is 2. The number of carbonyl (C=O) groups is 1. The molecule has 18 heavy (non-hydrogen) atoms. The number of rotatable bonds is 4. The molecule has 0 radical (unpaired) electrons. The zero-order valence-electron chi connectivity index (χ0n) is 11.3. The van der Waals surface area contributed by atoms with E-state index in [0.29, 0.717) is 6.04 Å². The van der Waals surface area contributed by atoms with Gasteiger partial charge in [-0.05, 0) is 12.8 Å². The van der Waals surface area contributed by atoms with Gasteiger partial charge in [-0.2, -0.15) is 0 Å². The average molecular weight is 255 g/mol. The lowest BCUT2D eigenvalue weighted by atomic mass is 10.1. The fraction of sp³-hybridized carbons (Fsp3) is 0.923. The number of likely N-dealkylation sites (tertiary alicyclic amines) is 1. The van der Waals surface area contributed by atoms with Crippen LogP contribution in [0.5, 0.6) is 0 Å². The second-order valence-electron chi connectivity index (χ2n) is 5.27. The monoisotopic (exact) mass is 255 g/mol. The minimum Gasteiger partial charge on any atom is -0.379 e. The van der Waals surface area contributed by atoms with Crippen molar-refractivity contribution in [3.8, 4) is 0 Å². The molecule has 2 heterocycles. The van der Waals surface area contributed by atoms with E-state index in [1.807, 2.05) is 4.90 Å². The summed E-state index contributed by atoms with van der Waals surface area (Å²) < 4.78 is 5.36. The lowest BCUT2D eigenvalue weighted by Crippen LogP contribution is -2.47. The Labute approximate surface area is 109 Å². The normalized spacial score (nSPS) is 27.4. The van der Waals surface area contributed by atoms with Crippen LogP contribution in [0.2, 0.25) is 0 Å². The van der Waals surface area contributed by atoms with Gasteiger partial charge in [-0.15, -0.1) is 0 Å². The maximum Gasteiger partial charge on any atom is 0.239 e. The van der Waals surface area contributed by atoms with Crippen LogP contribution >= 0.6 is 0 Å². The molecule has 104 valence electrons. The smallest absolute Gasteiger partial charge is 0.239 e. The van der Waals surface area contributed by atoms with E-state index in [2.05, 4.69) is 11.8 Å². The molecule has 0 saturated carbocycles. The van der Waals surface area contributed by atoms with Gasteiger partial charge >= 0.3 is 0 Å². The number of carbonyl (C=O) groups excluding carboxylic acids is 1. The second-order valence-corrected chi connectivity index (χ2v) is 5.27. The number of nitrogens with two attached hydrogens (primary N) is 1. The molecule has 2 aliphatic heterocycles. The number of hydrogen-bond acceptors (Lipinski definition) is 4. The van der Waals surface area contributed by atoms with E-state index in [1.54, 1.807) is 0 Å². The first kappa shape index (κ1) is 13.8. The molecule has 1 amide bonds. The van der Waals surface area contributed by atoms with Gasteiger partial charge < -0.3 is 15.4 Å². The van der Waals surface area contributed by atoms with Crippen LogP contribution in [0.4, 0.5) is 0 Å². The Kier molecular flexibility index (Phi) is 4.97. The zero-order chi connectivity index (χ0) is 13.0. The molecule has 5 nitrogen and oxygen atoms in total. The molecule has 2 fully saturated rings. The van der Waals surface area contributed by atoms with Crippen molar-refractivity contribution in [3.05, 3.63) is 0 Å². The highest BCUT2D eigenvalue weighted by Crippen LogP contribution is 2.18. The van der Waals surface area contributed by atoms with Gasteiger partial charge in [-0.1, -0.05) is 13.3 Å². The Morgan fingerprint density at radius 3 is 2.78 bits per heavy atom. The molecule has 2 rings (SSSR count). The van der Waals surface area contributed by atoms with Crippen molar-refractivity contribution < 1.29 is 9.53 Å². The van der Waals surface area contributed by atoms with Crippen molar-refractivity contribution in [2.24, 2.45) is 5.73 Å². The highest BCUT2D eigenvalue weighted by molar-refractivity contribution is 5.81. The summed E-state index contributed by atoms with van der Waals surface area (Å²) in [5.41, 5.74) is 5.91. The predicted molar refractivity (Wildman–Crippen MR) is 70.3 cm³/mol. The van der Waals surface area contributed by atoms with Gasteiger partial charge in [0.1, 0.15) is 0 Å². The minimum absolute atomic E-state index is 0.132. The van der Waals surface area contributed by atoms with Crippen molar-refractivity contribution in [3.63, 3.8) is 0 Å². The van der Waals surface area contributed by atoms with E-state index in [1.165, 1.54) is 0 Å². The molecule has 2 N–H and O–H groups in total. The summed E-state index contributed by atoms with van der Waals surface area (Å²) in [6.07, 6.45) is 2.83. The molecule has 2 saturated heterocycles. The third kappa shape index (κ3) is 3.22. The van der Waals surface area contributed by atoms with Gasteiger partial charge in [-0.25, -0.2) is 0 Å². The van der Waals surface area contributed by atoms with Gasteiger partial charge in [0.2, 0.25) is 5.91 Å². The van der Waals surface area contributed by atoms with Gasteiger partial charge in [-0.3, -0.25) is 9.69 Å². The average Bonchev–Trinajstić information content (AvgIpc) is 2.89. The number of hydrogen-bond donors (Lipinski definition) is 1. The molecule has 0 aromatic carbocycles. The fourth-order valence-electron chi connectivity index (χ4n) is 2.85. The number of ether oxygens (including phenoxy) is 1. The van der Waals surface area contributed by atoms with Crippen LogP contribution in [-0.4, -0.2) is 67.2 Å². The van der Waals surface area contributed by atoms with Crippen molar-refractivity contribution in [2.45, 2.75) is 38.3 Å². The number of morpholine rings is 1. The highest BCUT2D eigenvalue weighted by Gasteiger charge is 2.32. The van der Waals surface area contributed by atoms with E-state index in [9.17, 15) is 4.79 Å². The summed E-state index contributed by atoms with van der Waals surface area (Å²) in [4.78, 5) is 16.5. The van der Waals surface area contributed by atoms with Gasteiger partial charge in [0.15, 0.2) is 0 Å². The van der Waals surface area contributed by atoms with Gasteiger partial charge in [0.05, 0.1) is 19.3 Å². The Hall–Kier alpha value is -0.650. The second kappa shape index (κ2) is 6.50. The molecule has 0 spiro atoms. The largest absolute Gasteiger partial charge is 0.379 e. The van der Waals surface area contributed by atoms with Crippen LogP contribution in [0.3, 0.4) is 0 Å². The van der Waals surface area contributed by atoms with Crippen molar-refractivity contribution >= 4 is 5.91 Å². The molecule has 2 aliphatic rings. The van der Waals surface area contributed by atoms with Crippen LogP contribution in [0.1, 0.15) is 26.2 Å². The Balaban J connectivity index is 1.81. The zero-order valence-corrected chi connectivity index (χ0v) is 11.3. The fourth-order valence-corrected chi connectivity index (χ4v) is 2.85. The van der Waals surface area contributed by atoms with E-state index < -0.39 is 0 Å². The topological polar surface area (TPSA) is 58.8 Å². The van der Waals surface area contributed by atoms with E-state index in [4.69, 9.17) is 10.5 Å². The first-order valence-corrected chi connectivity index (χ1v) is 7.08. The quantitative estimate of drug-likeness (QED) is 0.771. The SMILES string of the molecule is CCC[C@H](N)C(=O)N1CCC(N2CCOCC2)C1. The van der Waals surface area contributed by atoms with Crippen LogP contribution in [0.15, 0.2) is 0 Å². The third-order valence-electron chi connectivity index (χ3n) is 3.95. The Bertz CT molecular complexity index is 279. The lowest BCUT2D eigenvalue weighted by Gasteiger charge is -2.32. The van der Waals surface area contributed by atoms with Crippen molar-refractivity contribution in [1.82, 2.24) is 9.80 Å². The maximum atomic E-state index is 12.1. The Morgan fingerprint density at radius 1 is 1.39 bits per heavy atom.